The van der Waals surface area contributed by atoms with Crippen molar-refractivity contribution in [1.29, 1.82) is 0 Å². The van der Waals surface area contributed by atoms with Crippen molar-refractivity contribution in [3.63, 3.8) is 0 Å². The summed E-state index contributed by atoms with van der Waals surface area (Å²) in [6, 6.07) is 15.4. The zero-order valence-electron chi connectivity index (χ0n) is 19.3. The molecule has 1 amide bonds. The van der Waals surface area contributed by atoms with Gasteiger partial charge >= 0.3 is 0 Å². The molecule has 0 saturated carbocycles. The number of fused-ring (bicyclic) bond motifs is 1. The van der Waals surface area contributed by atoms with Crippen LogP contribution in [0.25, 0.3) is 11.3 Å². The second kappa shape index (κ2) is 10.2. The molecule has 1 saturated heterocycles. The molecule has 3 heterocycles. The van der Waals surface area contributed by atoms with Crippen LogP contribution in [0.15, 0.2) is 48.5 Å². The predicted molar refractivity (Wildman–Crippen MR) is 131 cm³/mol. The van der Waals surface area contributed by atoms with E-state index in [4.69, 9.17) is 21.1 Å². The Morgan fingerprint density at radius 1 is 1.15 bits per heavy atom. The Morgan fingerprint density at radius 3 is 2.71 bits per heavy atom. The van der Waals surface area contributed by atoms with E-state index in [1.54, 1.807) is 0 Å². The molecule has 7 nitrogen and oxygen atoms in total. The summed E-state index contributed by atoms with van der Waals surface area (Å²) >= 11 is 6.11. The highest BCUT2D eigenvalue weighted by atomic mass is 35.5. The van der Waals surface area contributed by atoms with Crippen molar-refractivity contribution in [1.82, 2.24) is 20.0 Å². The van der Waals surface area contributed by atoms with Crippen molar-refractivity contribution in [2.45, 2.75) is 19.4 Å². The molecule has 2 aromatic carbocycles. The minimum absolute atomic E-state index is 0.0171. The third kappa shape index (κ3) is 4.56. The maximum absolute atomic E-state index is 13.5. The van der Waals surface area contributed by atoms with E-state index in [-0.39, 0.29) is 11.9 Å². The fourth-order valence-corrected chi connectivity index (χ4v) is 4.96. The third-order valence-corrected chi connectivity index (χ3v) is 6.70. The predicted octanol–water partition coefficient (Wildman–Crippen LogP) is 4.40. The molecular weight excluding hydrogens is 452 g/mol. The summed E-state index contributed by atoms with van der Waals surface area (Å²) in [6.45, 7) is 7.58. The highest BCUT2D eigenvalue weighted by molar-refractivity contribution is 6.30. The summed E-state index contributed by atoms with van der Waals surface area (Å²) in [6.07, 6.45) is 0.890. The molecule has 1 unspecified atom stereocenters. The molecule has 3 aromatic rings. The molecule has 0 bridgehead atoms. The lowest BCUT2D eigenvalue weighted by atomic mass is 9.96. The van der Waals surface area contributed by atoms with Crippen LogP contribution in [0.1, 0.15) is 41.0 Å². The quantitative estimate of drug-likeness (QED) is 0.517. The van der Waals surface area contributed by atoms with Gasteiger partial charge in [-0.05, 0) is 43.2 Å². The van der Waals surface area contributed by atoms with Gasteiger partial charge in [-0.25, -0.2) is 0 Å². The van der Waals surface area contributed by atoms with Gasteiger partial charge in [-0.2, -0.15) is 5.10 Å². The standard InChI is InChI=1S/C26H29ClN4O3/c1-2-34-21-6-3-5-19(17-21)25-22-23(18-7-9-20(27)10-8-18)28-29-24(22)26(32)31(25)12-4-11-30-13-15-33-16-14-30/h3,5-10,17,25H,2,4,11-16H2,1H3,(H,28,29). The van der Waals surface area contributed by atoms with Crippen LogP contribution in [0.4, 0.5) is 0 Å². The zero-order chi connectivity index (χ0) is 23.5. The van der Waals surface area contributed by atoms with Crippen molar-refractivity contribution >= 4 is 17.5 Å². The third-order valence-electron chi connectivity index (χ3n) is 6.44. The molecule has 8 heteroatoms. The Hall–Kier alpha value is -2.87. The number of ether oxygens (including phenoxy) is 2. The lowest BCUT2D eigenvalue weighted by molar-refractivity contribution is 0.0354. The summed E-state index contributed by atoms with van der Waals surface area (Å²) in [4.78, 5) is 17.9. The Bertz CT molecular complexity index is 1140. The molecule has 5 rings (SSSR count). The number of amides is 1. The van der Waals surface area contributed by atoms with Gasteiger partial charge in [0, 0.05) is 42.3 Å². The van der Waals surface area contributed by atoms with E-state index in [1.165, 1.54) is 0 Å². The number of carbonyl (C=O) groups is 1. The molecule has 0 radical (unpaired) electrons. The van der Waals surface area contributed by atoms with E-state index in [0.717, 1.165) is 67.4 Å². The molecule has 0 aliphatic carbocycles. The van der Waals surface area contributed by atoms with E-state index in [0.29, 0.717) is 23.9 Å². The average Bonchev–Trinajstić information content (AvgIpc) is 3.40. The van der Waals surface area contributed by atoms with Crippen molar-refractivity contribution in [2.75, 3.05) is 46.0 Å². The number of rotatable bonds is 8. The van der Waals surface area contributed by atoms with Crippen molar-refractivity contribution < 1.29 is 14.3 Å². The number of halogens is 1. The van der Waals surface area contributed by atoms with Gasteiger partial charge in [-0.1, -0.05) is 35.9 Å². The maximum Gasteiger partial charge on any atom is 0.273 e. The van der Waals surface area contributed by atoms with Crippen molar-refractivity contribution in [2.24, 2.45) is 0 Å². The Labute approximate surface area is 204 Å². The van der Waals surface area contributed by atoms with E-state index in [1.807, 2.05) is 54.3 Å². The largest absolute Gasteiger partial charge is 0.494 e. The van der Waals surface area contributed by atoms with Gasteiger partial charge in [-0.3, -0.25) is 14.8 Å². The van der Waals surface area contributed by atoms with Crippen LogP contribution in [-0.4, -0.2) is 71.9 Å². The fraction of sp³-hybridized carbons (Fsp3) is 0.385. The number of nitrogens with one attached hydrogen (secondary N) is 1. The van der Waals surface area contributed by atoms with Gasteiger partial charge in [0.2, 0.25) is 0 Å². The summed E-state index contributed by atoms with van der Waals surface area (Å²) in [5.74, 6) is 0.780. The van der Waals surface area contributed by atoms with Crippen LogP contribution in [0.3, 0.4) is 0 Å². The Morgan fingerprint density at radius 2 is 1.94 bits per heavy atom. The summed E-state index contributed by atoms with van der Waals surface area (Å²) in [7, 11) is 0. The number of benzene rings is 2. The lowest BCUT2D eigenvalue weighted by Crippen LogP contribution is -2.38. The Balaban J connectivity index is 1.48. The number of morpholine rings is 1. The number of hydrogen-bond donors (Lipinski definition) is 1. The molecule has 2 aliphatic heterocycles. The van der Waals surface area contributed by atoms with Crippen molar-refractivity contribution in [3.05, 3.63) is 70.4 Å². The molecule has 34 heavy (non-hydrogen) atoms. The SMILES string of the molecule is CCOc1cccc(C2c3c(-c4ccc(Cl)cc4)n[nH]c3C(=O)N2CCCN2CCOCC2)c1. The minimum Gasteiger partial charge on any atom is -0.494 e. The van der Waals surface area contributed by atoms with Crippen LogP contribution in [0.5, 0.6) is 5.75 Å². The molecule has 178 valence electrons. The van der Waals surface area contributed by atoms with Crippen LogP contribution in [0, 0.1) is 0 Å². The number of aromatic nitrogens is 2. The fourth-order valence-electron chi connectivity index (χ4n) is 4.83. The summed E-state index contributed by atoms with van der Waals surface area (Å²) < 4.78 is 11.2. The maximum atomic E-state index is 13.5. The smallest absolute Gasteiger partial charge is 0.273 e. The Kier molecular flexibility index (Phi) is 6.85. The molecule has 1 aromatic heterocycles. The summed E-state index contributed by atoms with van der Waals surface area (Å²) in [5.41, 5.74) is 4.19. The minimum atomic E-state index is -0.239. The van der Waals surface area contributed by atoms with Crippen LogP contribution >= 0.6 is 11.6 Å². The number of H-pyrrole nitrogens is 1. The van der Waals surface area contributed by atoms with Gasteiger partial charge in [0.15, 0.2) is 0 Å². The average molecular weight is 481 g/mol. The first-order valence-corrected chi connectivity index (χ1v) is 12.2. The number of nitrogens with zero attached hydrogens (tertiary/aromatic N) is 3. The topological polar surface area (TPSA) is 70.7 Å². The number of hydrogen-bond acceptors (Lipinski definition) is 5. The molecule has 2 aliphatic rings. The zero-order valence-corrected chi connectivity index (χ0v) is 20.1. The van der Waals surface area contributed by atoms with Gasteiger partial charge in [-0.15, -0.1) is 0 Å². The monoisotopic (exact) mass is 480 g/mol. The van der Waals surface area contributed by atoms with Gasteiger partial charge in [0.05, 0.1) is 31.6 Å². The number of carbonyl (C=O) groups excluding carboxylic acids is 1. The van der Waals surface area contributed by atoms with Crippen LogP contribution in [-0.2, 0) is 4.74 Å². The first-order valence-electron chi connectivity index (χ1n) is 11.8. The van der Waals surface area contributed by atoms with Gasteiger partial charge in [0.1, 0.15) is 11.4 Å². The van der Waals surface area contributed by atoms with E-state index in [9.17, 15) is 4.79 Å². The van der Waals surface area contributed by atoms with E-state index in [2.05, 4.69) is 21.2 Å². The highest BCUT2D eigenvalue weighted by Crippen LogP contribution is 2.43. The summed E-state index contributed by atoms with van der Waals surface area (Å²) in [5, 5.41) is 8.23. The van der Waals surface area contributed by atoms with Crippen LogP contribution in [0.2, 0.25) is 5.02 Å². The van der Waals surface area contributed by atoms with Gasteiger partial charge in [0.25, 0.3) is 5.91 Å². The van der Waals surface area contributed by atoms with E-state index >= 15 is 0 Å². The molecule has 1 N–H and O–H groups in total. The first kappa shape index (κ1) is 22.9. The molecule has 0 spiro atoms. The second-order valence-corrected chi connectivity index (χ2v) is 9.02. The molecular formula is C26H29ClN4O3. The first-order chi connectivity index (χ1) is 16.7. The normalized spacial score (nSPS) is 18.4. The van der Waals surface area contributed by atoms with E-state index < -0.39 is 0 Å². The number of aromatic amines is 1. The molecule has 1 atom stereocenters. The molecule has 1 fully saturated rings. The highest BCUT2D eigenvalue weighted by Gasteiger charge is 2.42. The van der Waals surface area contributed by atoms with Crippen LogP contribution < -0.4 is 4.74 Å². The lowest BCUT2D eigenvalue weighted by Gasteiger charge is -2.30. The van der Waals surface area contributed by atoms with Gasteiger partial charge < -0.3 is 14.4 Å². The second-order valence-electron chi connectivity index (χ2n) is 8.58. The van der Waals surface area contributed by atoms with Crippen molar-refractivity contribution in [3.8, 4) is 17.0 Å².